The van der Waals surface area contributed by atoms with Crippen molar-refractivity contribution in [2.75, 3.05) is 37.9 Å². The SMILES string of the molecule is C1COC(CSSCC2OCCO2)O1. The Balaban J connectivity index is 1.46. The smallest absolute Gasteiger partial charge is 0.167 e. The van der Waals surface area contributed by atoms with Crippen LogP contribution >= 0.6 is 21.6 Å². The van der Waals surface area contributed by atoms with Gasteiger partial charge in [-0.15, -0.1) is 0 Å². The molecule has 0 N–H and O–H groups in total. The summed E-state index contributed by atoms with van der Waals surface area (Å²) < 4.78 is 21.2. The van der Waals surface area contributed by atoms with Crippen LogP contribution in [0.1, 0.15) is 0 Å². The van der Waals surface area contributed by atoms with Gasteiger partial charge in [-0.2, -0.15) is 0 Å². The monoisotopic (exact) mass is 238 g/mol. The van der Waals surface area contributed by atoms with Crippen LogP contribution in [-0.4, -0.2) is 50.5 Å². The molecule has 0 aromatic carbocycles. The second-order valence-electron chi connectivity index (χ2n) is 2.91. The molecule has 0 aromatic rings. The fourth-order valence-electron chi connectivity index (χ4n) is 1.21. The van der Waals surface area contributed by atoms with Gasteiger partial charge in [0.15, 0.2) is 12.6 Å². The number of ether oxygens (including phenoxy) is 4. The number of hydrogen-bond acceptors (Lipinski definition) is 6. The Morgan fingerprint density at radius 3 is 1.43 bits per heavy atom. The van der Waals surface area contributed by atoms with Crippen LogP contribution in [0.3, 0.4) is 0 Å². The molecule has 0 unspecified atom stereocenters. The minimum atomic E-state index is -0.0158. The van der Waals surface area contributed by atoms with Crippen molar-refractivity contribution in [2.45, 2.75) is 12.6 Å². The van der Waals surface area contributed by atoms with E-state index in [1.807, 2.05) is 0 Å². The van der Waals surface area contributed by atoms with Crippen LogP contribution in [0.25, 0.3) is 0 Å². The van der Waals surface area contributed by atoms with Gasteiger partial charge in [-0.3, -0.25) is 0 Å². The van der Waals surface area contributed by atoms with Gasteiger partial charge in [0, 0.05) is 0 Å². The highest BCUT2D eigenvalue weighted by Gasteiger charge is 2.18. The fraction of sp³-hybridized carbons (Fsp3) is 1.00. The summed E-state index contributed by atoms with van der Waals surface area (Å²) in [5.74, 6) is 1.74. The van der Waals surface area contributed by atoms with Crippen LogP contribution in [-0.2, 0) is 18.9 Å². The molecule has 2 aliphatic rings. The summed E-state index contributed by atoms with van der Waals surface area (Å²) in [6.45, 7) is 2.91. The molecular formula is C8H14O4S2. The van der Waals surface area contributed by atoms with E-state index in [0.717, 1.165) is 37.9 Å². The van der Waals surface area contributed by atoms with Gasteiger partial charge in [-0.25, -0.2) is 0 Å². The molecule has 2 rings (SSSR count). The van der Waals surface area contributed by atoms with E-state index < -0.39 is 0 Å². The highest BCUT2D eigenvalue weighted by Crippen LogP contribution is 2.26. The molecule has 2 aliphatic heterocycles. The summed E-state index contributed by atoms with van der Waals surface area (Å²) >= 11 is 0. The van der Waals surface area contributed by atoms with E-state index in [9.17, 15) is 0 Å². The van der Waals surface area contributed by atoms with Gasteiger partial charge >= 0.3 is 0 Å². The normalized spacial score (nSPS) is 24.9. The second kappa shape index (κ2) is 6.19. The summed E-state index contributed by atoms with van der Waals surface area (Å²) in [6, 6.07) is 0. The lowest BCUT2D eigenvalue weighted by Crippen LogP contribution is -2.12. The molecule has 0 radical (unpaired) electrons. The molecule has 2 saturated heterocycles. The van der Waals surface area contributed by atoms with Gasteiger partial charge in [-0.05, 0) is 0 Å². The van der Waals surface area contributed by atoms with Gasteiger partial charge in [0.25, 0.3) is 0 Å². The fourth-order valence-corrected chi connectivity index (χ4v) is 3.26. The van der Waals surface area contributed by atoms with Crippen LogP contribution in [0.2, 0.25) is 0 Å². The molecule has 4 nitrogen and oxygen atoms in total. The lowest BCUT2D eigenvalue weighted by Gasteiger charge is -2.09. The first-order chi connectivity index (χ1) is 6.95. The first-order valence-electron chi connectivity index (χ1n) is 4.66. The summed E-state index contributed by atoms with van der Waals surface area (Å²) in [5.41, 5.74) is 0. The molecule has 0 saturated carbocycles. The summed E-state index contributed by atoms with van der Waals surface area (Å²) in [4.78, 5) is 0. The summed E-state index contributed by atoms with van der Waals surface area (Å²) in [7, 11) is 3.49. The maximum Gasteiger partial charge on any atom is 0.167 e. The zero-order chi connectivity index (χ0) is 9.64. The quantitative estimate of drug-likeness (QED) is 0.527. The summed E-state index contributed by atoms with van der Waals surface area (Å²) in [6.07, 6.45) is -0.0316. The van der Waals surface area contributed by atoms with E-state index in [4.69, 9.17) is 18.9 Å². The van der Waals surface area contributed by atoms with E-state index in [1.165, 1.54) is 0 Å². The topological polar surface area (TPSA) is 36.9 Å². The highest BCUT2D eigenvalue weighted by molar-refractivity contribution is 8.76. The predicted molar refractivity (Wildman–Crippen MR) is 56.3 cm³/mol. The second-order valence-corrected chi connectivity index (χ2v) is 5.46. The Hall–Kier alpha value is 0.540. The summed E-state index contributed by atoms with van der Waals surface area (Å²) in [5, 5.41) is 0. The largest absolute Gasteiger partial charge is 0.349 e. The Kier molecular flexibility index (Phi) is 4.88. The molecule has 0 aliphatic carbocycles. The molecular weight excluding hydrogens is 224 g/mol. The molecule has 2 heterocycles. The maximum atomic E-state index is 5.31. The lowest BCUT2D eigenvalue weighted by atomic mass is 10.8. The van der Waals surface area contributed by atoms with Gasteiger partial charge < -0.3 is 18.9 Å². The molecule has 6 heteroatoms. The lowest BCUT2D eigenvalue weighted by molar-refractivity contribution is -0.0221. The molecule has 0 aromatic heterocycles. The molecule has 0 atom stereocenters. The van der Waals surface area contributed by atoms with Gasteiger partial charge in [0.2, 0.25) is 0 Å². The van der Waals surface area contributed by atoms with Crippen molar-refractivity contribution in [3.8, 4) is 0 Å². The average molecular weight is 238 g/mol. The van der Waals surface area contributed by atoms with E-state index in [-0.39, 0.29) is 12.6 Å². The van der Waals surface area contributed by atoms with E-state index in [0.29, 0.717) is 0 Å². The highest BCUT2D eigenvalue weighted by atomic mass is 33.1. The molecule has 0 spiro atoms. The van der Waals surface area contributed by atoms with Crippen molar-refractivity contribution in [3.63, 3.8) is 0 Å². The van der Waals surface area contributed by atoms with Crippen molar-refractivity contribution >= 4 is 21.6 Å². The average Bonchev–Trinajstić information content (AvgIpc) is 2.86. The Bertz CT molecular complexity index is 139. The Labute approximate surface area is 91.4 Å². The van der Waals surface area contributed by atoms with Crippen LogP contribution in [0, 0.1) is 0 Å². The van der Waals surface area contributed by atoms with Gasteiger partial charge in [0.1, 0.15) is 0 Å². The van der Waals surface area contributed by atoms with Crippen LogP contribution in [0.4, 0.5) is 0 Å². The zero-order valence-corrected chi connectivity index (χ0v) is 9.48. The van der Waals surface area contributed by atoms with Gasteiger partial charge in [0.05, 0.1) is 37.9 Å². The molecule has 0 bridgehead atoms. The minimum Gasteiger partial charge on any atom is -0.349 e. The third kappa shape index (κ3) is 3.60. The Morgan fingerprint density at radius 1 is 0.714 bits per heavy atom. The molecule has 2 fully saturated rings. The number of hydrogen-bond donors (Lipinski definition) is 0. The van der Waals surface area contributed by atoms with Crippen molar-refractivity contribution in [1.82, 2.24) is 0 Å². The van der Waals surface area contributed by atoms with Crippen molar-refractivity contribution in [1.29, 1.82) is 0 Å². The molecule has 14 heavy (non-hydrogen) atoms. The van der Waals surface area contributed by atoms with E-state index in [2.05, 4.69) is 0 Å². The van der Waals surface area contributed by atoms with Crippen LogP contribution in [0.15, 0.2) is 0 Å². The third-order valence-corrected chi connectivity index (χ3v) is 4.17. The predicted octanol–water partition coefficient (Wildman–Crippen LogP) is 1.11. The van der Waals surface area contributed by atoms with Crippen molar-refractivity contribution < 1.29 is 18.9 Å². The Morgan fingerprint density at radius 2 is 1.07 bits per heavy atom. The van der Waals surface area contributed by atoms with Gasteiger partial charge in [-0.1, -0.05) is 21.6 Å². The molecule has 0 amide bonds. The minimum absolute atomic E-state index is 0.0158. The van der Waals surface area contributed by atoms with Crippen molar-refractivity contribution in [3.05, 3.63) is 0 Å². The van der Waals surface area contributed by atoms with Crippen molar-refractivity contribution in [2.24, 2.45) is 0 Å². The first kappa shape index (κ1) is 11.0. The van der Waals surface area contributed by atoms with E-state index >= 15 is 0 Å². The van der Waals surface area contributed by atoms with Crippen LogP contribution in [0.5, 0.6) is 0 Å². The standard InChI is InChI=1S/C8H14O4S2/c1-2-10-7(9-1)5-13-14-6-8-11-3-4-12-8/h7-8H,1-6H2. The molecule has 82 valence electrons. The third-order valence-electron chi connectivity index (χ3n) is 1.87. The number of rotatable bonds is 5. The first-order valence-corrected chi connectivity index (χ1v) is 7.15. The zero-order valence-electron chi connectivity index (χ0n) is 7.85. The van der Waals surface area contributed by atoms with E-state index in [1.54, 1.807) is 21.6 Å². The maximum absolute atomic E-state index is 5.31. The van der Waals surface area contributed by atoms with Crippen LogP contribution < -0.4 is 0 Å².